The molecule has 0 spiro atoms. The first kappa shape index (κ1) is 11.7. The Bertz CT molecular complexity index is 506. The molecule has 6 nitrogen and oxygen atoms in total. The van der Waals surface area contributed by atoms with Crippen LogP contribution in [0, 0.1) is 6.92 Å². The van der Waals surface area contributed by atoms with E-state index >= 15 is 0 Å². The number of imidazole rings is 1. The van der Waals surface area contributed by atoms with E-state index in [-0.39, 0.29) is 0 Å². The molecule has 0 amide bonds. The van der Waals surface area contributed by atoms with Gasteiger partial charge in [0, 0.05) is 6.20 Å². The average molecular weight is 222 g/mol. The van der Waals surface area contributed by atoms with E-state index in [1.54, 1.807) is 0 Å². The van der Waals surface area contributed by atoms with Crippen LogP contribution in [0.2, 0.25) is 0 Å². The molecule has 0 aliphatic carbocycles. The minimum Gasteiger partial charge on any atom is -0.473 e. The van der Waals surface area contributed by atoms with E-state index in [4.69, 9.17) is 19.8 Å². The number of carboxylic acids is 2. The van der Waals surface area contributed by atoms with Crippen molar-refractivity contribution in [3.05, 3.63) is 36.4 Å². The Hall–Kier alpha value is -2.37. The van der Waals surface area contributed by atoms with Crippen LogP contribution in [0.4, 0.5) is 0 Å². The number of hydrogen-bond donors (Lipinski definition) is 2. The van der Waals surface area contributed by atoms with Gasteiger partial charge in [0.05, 0.1) is 11.7 Å². The second-order valence-corrected chi connectivity index (χ2v) is 2.91. The molecule has 0 aliphatic rings. The fourth-order valence-electron chi connectivity index (χ4n) is 1.08. The fourth-order valence-corrected chi connectivity index (χ4v) is 1.08. The second-order valence-electron chi connectivity index (χ2n) is 2.91. The summed E-state index contributed by atoms with van der Waals surface area (Å²) in [5.41, 5.74) is 1.15. The van der Waals surface area contributed by atoms with Crippen molar-refractivity contribution >= 4 is 17.5 Å². The van der Waals surface area contributed by atoms with E-state index in [0.717, 1.165) is 11.3 Å². The van der Waals surface area contributed by atoms with Gasteiger partial charge >= 0.3 is 11.9 Å². The molecule has 16 heavy (non-hydrogen) atoms. The van der Waals surface area contributed by atoms with Crippen molar-refractivity contribution in [3.63, 3.8) is 0 Å². The summed E-state index contributed by atoms with van der Waals surface area (Å²) in [4.78, 5) is 22.4. The Morgan fingerprint density at radius 2 is 1.88 bits per heavy atom. The molecule has 84 valence electrons. The number of aryl methyl sites for hydroxylation is 1. The summed E-state index contributed by atoms with van der Waals surface area (Å²) >= 11 is 0. The number of carbonyl (C=O) groups is 2. The van der Waals surface area contributed by atoms with Crippen molar-refractivity contribution in [1.82, 2.24) is 9.38 Å². The summed E-state index contributed by atoms with van der Waals surface area (Å²) in [5.74, 6) is -2.61. The summed E-state index contributed by atoms with van der Waals surface area (Å²) in [5, 5.41) is 14.8. The number of aliphatic carboxylic acids is 2. The van der Waals surface area contributed by atoms with Gasteiger partial charge in [-0.3, -0.25) is 0 Å². The summed E-state index contributed by atoms with van der Waals surface area (Å²) in [7, 11) is 0. The van der Waals surface area contributed by atoms with Crippen molar-refractivity contribution in [2.24, 2.45) is 0 Å². The molecule has 0 aliphatic heterocycles. The lowest BCUT2D eigenvalue weighted by Crippen LogP contribution is -2.09. The van der Waals surface area contributed by atoms with Crippen LogP contribution in [0.1, 0.15) is 5.82 Å². The third kappa shape index (κ3) is 2.81. The maximum Gasteiger partial charge on any atom is 0.414 e. The van der Waals surface area contributed by atoms with Gasteiger partial charge in [0.25, 0.3) is 0 Å². The normalized spacial score (nSPS) is 9.31. The predicted octanol–water partition coefficient (Wildman–Crippen LogP) is 0.798. The van der Waals surface area contributed by atoms with E-state index in [2.05, 4.69) is 9.38 Å². The Morgan fingerprint density at radius 1 is 1.25 bits per heavy atom. The zero-order valence-electron chi connectivity index (χ0n) is 8.49. The molecule has 2 rings (SSSR count). The third-order valence-corrected chi connectivity index (χ3v) is 1.81. The molecule has 0 fully saturated rings. The summed E-state index contributed by atoms with van der Waals surface area (Å²) in [6.45, 7) is 1.99. The molecule has 2 aromatic heterocycles. The van der Waals surface area contributed by atoms with Crippen LogP contribution >= 0.6 is 0 Å². The van der Waals surface area contributed by atoms with Crippen molar-refractivity contribution in [1.29, 1.82) is 0 Å². The lowest BCUT2D eigenvalue weighted by Gasteiger charge is -1.91. The number of pyridine rings is 1. The lowest BCUT2D eigenvalue weighted by atomic mass is 10.4. The van der Waals surface area contributed by atoms with Crippen molar-refractivity contribution in [3.8, 4) is 0 Å². The molecular formula is C10H10N2O4. The maximum atomic E-state index is 9.10. The van der Waals surface area contributed by atoms with Gasteiger partial charge in [-0.2, -0.15) is 0 Å². The predicted molar refractivity (Wildman–Crippen MR) is 55.2 cm³/mol. The Kier molecular flexibility index (Phi) is 3.60. The molecule has 0 bridgehead atoms. The van der Waals surface area contributed by atoms with Gasteiger partial charge in [-0.25, -0.2) is 14.6 Å². The quantitative estimate of drug-likeness (QED) is 0.643. The first-order valence-electron chi connectivity index (χ1n) is 4.37. The third-order valence-electron chi connectivity index (χ3n) is 1.81. The number of fused-ring (bicyclic) bond motifs is 1. The smallest absolute Gasteiger partial charge is 0.414 e. The number of nitrogens with zero attached hydrogens (tertiary/aromatic N) is 2. The molecule has 0 unspecified atom stereocenters. The van der Waals surface area contributed by atoms with Gasteiger partial charge in [0.15, 0.2) is 0 Å². The lowest BCUT2D eigenvalue weighted by molar-refractivity contribution is -0.159. The Labute approximate surface area is 90.8 Å². The monoisotopic (exact) mass is 222 g/mol. The number of hydrogen-bond acceptors (Lipinski definition) is 3. The van der Waals surface area contributed by atoms with Gasteiger partial charge in [-0.05, 0) is 19.1 Å². The van der Waals surface area contributed by atoms with Crippen LogP contribution in [0.5, 0.6) is 0 Å². The van der Waals surface area contributed by atoms with Crippen LogP contribution in [0.15, 0.2) is 30.6 Å². The van der Waals surface area contributed by atoms with Gasteiger partial charge in [0.2, 0.25) is 0 Å². The Morgan fingerprint density at radius 3 is 2.38 bits per heavy atom. The van der Waals surface area contributed by atoms with Crippen molar-refractivity contribution in [2.45, 2.75) is 6.92 Å². The molecule has 2 heterocycles. The Balaban J connectivity index is 0.000000187. The second kappa shape index (κ2) is 4.92. The standard InChI is InChI=1S/C8H8N2.C2H2O4/c1-7-9-6-8-4-2-3-5-10(7)8;3-1(4)2(5)6/h2-6H,1H3;(H,3,4)(H,5,6). The first-order valence-corrected chi connectivity index (χ1v) is 4.37. The molecule has 2 aromatic rings. The minimum atomic E-state index is -1.82. The molecule has 0 aromatic carbocycles. The zero-order chi connectivity index (χ0) is 12.1. The van der Waals surface area contributed by atoms with Gasteiger partial charge in [0.1, 0.15) is 5.82 Å². The SMILES string of the molecule is Cc1ncc2ccccn12.O=C(O)C(=O)O. The summed E-state index contributed by atoms with van der Waals surface area (Å²) in [6.07, 6.45) is 3.88. The van der Waals surface area contributed by atoms with Crippen molar-refractivity contribution in [2.75, 3.05) is 0 Å². The van der Waals surface area contributed by atoms with Gasteiger partial charge < -0.3 is 14.6 Å². The van der Waals surface area contributed by atoms with E-state index in [1.165, 1.54) is 0 Å². The molecule has 6 heteroatoms. The molecule has 0 saturated heterocycles. The highest BCUT2D eigenvalue weighted by Crippen LogP contribution is 2.03. The van der Waals surface area contributed by atoms with E-state index in [0.29, 0.717) is 0 Å². The van der Waals surface area contributed by atoms with Crippen molar-refractivity contribution < 1.29 is 19.8 Å². The maximum absolute atomic E-state index is 9.10. The molecule has 0 atom stereocenters. The number of rotatable bonds is 0. The number of carboxylic acid groups (broad SMARTS) is 2. The summed E-state index contributed by atoms with van der Waals surface area (Å²) < 4.78 is 2.06. The molecular weight excluding hydrogens is 212 g/mol. The highest BCUT2D eigenvalue weighted by molar-refractivity contribution is 6.27. The fraction of sp³-hybridized carbons (Fsp3) is 0.100. The van der Waals surface area contributed by atoms with E-state index in [9.17, 15) is 0 Å². The van der Waals surface area contributed by atoms with Crippen LogP contribution in [0.3, 0.4) is 0 Å². The number of aromatic nitrogens is 2. The zero-order valence-corrected chi connectivity index (χ0v) is 8.49. The minimum absolute atomic E-state index is 1.04. The average Bonchev–Trinajstić information content (AvgIpc) is 2.62. The van der Waals surface area contributed by atoms with Gasteiger partial charge in [-0.15, -0.1) is 0 Å². The topological polar surface area (TPSA) is 91.9 Å². The summed E-state index contributed by atoms with van der Waals surface area (Å²) in [6, 6.07) is 6.05. The van der Waals surface area contributed by atoms with Crippen LogP contribution < -0.4 is 0 Å². The van der Waals surface area contributed by atoms with Crippen LogP contribution in [0.25, 0.3) is 5.52 Å². The first-order chi connectivity index (χ1) is 7.52. The van der Waals surface area contributed by atoms with Gasteiger partial charge in [-0.1, -0.05) is 6.07 Å². The van der Waals surface area contributed by atoms with E-state index in [1.807, 2.05) is 37.5 Å². The molecule has 2 N–H and O–H groups in total. The largest absolute Gasteiger partial charge is 0.473 e. The molecule has 0 saturated carbocycles. The van der Waals surface area contributed by atoms with E-state index < -0.39 is 11.9 Å². The highest BCUT2D eigenvalue weighted by atomic mass is 16.4. The van der Waals surface area contributed by atoms with Crippen LogP contribution in [-0.4, -0.2) is 31.5 Å². The molecule has 0 radical (unpaired) electrons. The highest BCUT2D eigenvalue weighted by Gasteiger charge is 2.04. The van der Waals surface area contributed by atoms with Crippen LogP contribution in [-0.2, 0) is 9.59 Å².